The standard InChI is InChI=1S/C22H25N7O2/c1-13-8-14(2)25-21-20(13)22(27-28(21)5)31-12-19(30)24-11-17-6-7-18(23-10-17)29-16(4)9-15(3)26-29/h6-10H,11-12H2,1-5H3,(H,24,30). The molecule has 31 heavy (non-hydrogen) atoms. The van der Waals surface area contributed by atoms with E-state index in [4.69, 9.17) is 4.74 Å². The molecule has 4 heterocycles. The van der Waals surface area contributed by atoms with Gasteiger partial charge in [-0.15, -0.1) is 5.10 Å². The zero-order valence-corrected chi connectivity index (χ0v) is 18.3. The van der Waals surface area contributed by atoms with Gasteiger partial charge in [0.15, 0.2) is 18.1 Å². The van der Waals surface area contributed by atoms with Crippen molar-refractivity contribution in [2.45, 2.75) is 34.2 Å². The number of pyridine rings is 2. The number of hydrogen-bond donors (Lipinski definition) is 1. The number of carbonyl (C=O) groups excluding carboxylic acids is 1. The minimum atomic E-state index is -0.237. The largest absolute Gasteiger partial charge is 0.466 e. The van der Waals surface area contributed by atoms with Gasteiger partial charge in [0.25, 0.3) is 5.91 Å². The molecular formula is C22H25N7O2. The van der Waals surface area contributed by atoms with Crippen molar-refractivity contribution < 1.29 is 9.53 Å². The Morgan fingerprint density at radius 2 is 1.90 bits per heavy atom. The van der Waals surface area contributed by atoms with Gasteiger partial charge >= 0.3 is 0 Å². The van der Waals surface area contributed by atoms with Gasteiger partial charge in [0.2, 0.25) is 5.88 Å². The van der Waals surface area contributed by atoms with Crippen molar-refractivity contribution in [1.82, 2.24) is 34.8 Å². The van der Waals surface area contributed by atoms with Gasteiger partial charge in [-0.25, -0.2) is 19.3 Å². The second kappa shape index (κ2) is 8.17. The summed E-state index contributed by atoms with van der Waals surface area (Å²) in [4.78, 5) is 21.2. The second-order valence-corrected chi connectivity index (χ2v) is 7.64. The maximum atomic E-state index is 12.3. The van der Waals surface area contributed by atoms with Crippen LogP contribution in [0.3, 0.4) is 0 Å². The van der Waals surface area contributed by atoms with E-state index in [1.54, 1.807) is 15.6 Å². The first-order valence-electron chi connectivity index (χ1n) is 10.0. The minimum absolute atomic E-state index is 0.128. The minimum Gasteiger partial charge on any atom is -0.466 e. The van der Waals surface area contributed by atoms with E-state index < -0.39 is 0 Å². The zero-order chi connectivity index (χ0) is 22.1. The van der Waals surface area contributed by atoms with Gasteiger partial charge in [0.05, 0.1) is 11.1 Å². The first-order chi connectivity index (χ1) is 14.8. The molecule has 0 unspecified atom stereocenters. The van der Waals surface area contributed by atoms with Crippen molar-refractivity contribution in [2.24, 2.45) is 7.05 Å². The summed E-state index contributed by atoms with van der Waals surface area (Å²) in [6, 6.07) is 7.78. The van der Waals surface area contributed by atoms with Crippen LogP contribution >= 0.6 is 0 Å². The van der Waals surface area contributed by atoms with Gasteiger partial charge in [-0.05, 0) is 57.0 Å². The summed E-state index contributed by atoms with van der Waals surface area (Å²) in [5.74, 6) is 0.915. The fraction of sp³-hybridized carbons (Fsp3) is 0.318. The van der Waals surface area contributed by atoms with Crippen LogP contribution in [0.1, 0.15) is 28.2 Å². The van der Waals surface area contributed by atoms with Crippen molar-refractivity contribution in [3.05, 3.63) is 58.7 Å². The third-order valence-corrected chi connectivity index (χ3v) is 4.95. The zero-order valence-electron chi connectivity index (χ0n) is 18.3. The monoisotopic (exact) mass is 419 g/mol. The van der Waals surface area contributed by atoms with E-state index >= 15 is 0 Å². The second-order valence-electron chi connectivity index (χ2n) is 7.64. The average Bonchev–Trinajstić information content (AvgIpc) is 3.23. The van der Waals surface area contributed by atoms with E-state index in [-0.39, 0.29) is 12.5 Å². The number of aromatic nitrogens is 6. The number of rotatable bonds is 6. The predicted molar refractivity (Wildman–Crippen MR) is 116 cm³/mol. The molecule has 4 rings (SSSR count). The molecule has 4 aromatic rings. The van der Waals surface area contributed by atoms with Crippen LogP contribution in [0.5, 0.6) is 5.88 Å². The van der Waals surface area contributed by atoms with Gasteiger partial charge in [0.1, 0.15) is 0 Å². The average molecular weight is 419 g/mol. The SMILES string of the molecule is Cc1cc(C)c2c(OCC(=O)NCc3ccc(-n4nc(C)cc4C)nc3)nn(C)c2n1. The van der Waals surface area contributed by atoms with E-state index in [0.717, 1.165) is 45.1 Å². The Labute approximate surface area is 180 Å². The van der Waals surface area contributed by atoms with Crippen LogP contribution in [-0.4, -0.2) is 42.0 Å². The lowest BCUT2D eigenvalue weighted by atomic mass is 10.2. The maximum Gasteiger partial charge on any atom is 0.258 e. The Kier molecular flexibility index (Phi) is 5.41. The summed E-state index contributed by atoms with van der Waals surface area (Å²) in [6.07, 6.45) is 1.73. The molecule has 0 aliphatic carbocycles. The van der Waals surface area contributed by atoms with E-state index in [2.05, 4.69) is 25.5 Å². The molecule has 0 fully saturated rings. The Hall–Kier alpha value is -3.75. The summed E-state index contributed by atoms with van der Waals surface area (Å²) >= 11 is 0. The Bertz CT molecular complexity index is 1260. The molecule has 0 spiro atoms. The highest BCUT2D eigenvalue weighted by molar-refractivity contribution is 5.85. The fourth-order valence-corrected chi connectivity index (χ4v) is 3.54. The molecular weight excluding hydrogens is 394 g/mol. The first-order valence-corrected chi connectivity index (χ1v) is 10.0. The number of aryl methyl sites for hydroxylation is 5. The highest BCUT2D eigenvalue weighted by Crippen LogP contribution is 2.26. The lowest BCUT2D eigenvalue weighted by molar-refractivity contribution is -0.123. The van der Waals surface area contributed by atoms with Crippen molar-refractivity contribution >= 4 is 16.9 Å². The van der Waals surface area contributed by atoms with Crippen LogP contribution in [0, 0.1) is 27.7 Å². The molecule has 0 aliphatic heterocycles. The molecule has 4 aromatic heterocycles. The number of hydrogen-bond acceptors (Lipinski definition) is 6. The van der Waals surface area contributed by atoms with Gasteiger partial charge in [-0.1, -0.05) is 6.07 Å². The summed E-state index contributed by atoms with van der Waals surface area (Å²) in [6.45, 7) is 8.08. The van der Waals surface area contributed by atoms with Gasteiger partial charge < -0.3 is 10.1 Å². The summed E-state index contributed by atoms with van der Waals surface area (Å²) in [7, 11) is 1.81. The van der Waals surface area contributed by atoms with Crippen LogP contribution in [0.4, 0.5) is 0 Å². The topological polar surface area (TPSA) is 99.7 Å². The summed E-state index contributed by atoms with van der Waals surface area (Å²) in [5.41, 5.74) is 5.51. The van der Waals surface area contributed by atoms with Gasteiger partial charge in [-0.3, -0.25) is 4.79 Å². The molecule has 0 saturated carbocycles. The molecule has 0 aliphatic rings. The van der Waals surface area contributed by atoms with Crippen LogP contribution in [0.25, 0.3) is 16.9 Å². The van der Waals surface area contributed by atoms with Crippen molar-refractivity contribution in [1.29, 1.82) is 0 Å². The molecule has 0 aromatic carbocycles. The third-order valence-electron chi connectivity index (χ3n) is 4.95. The van der Waals surface area contributed by atoms with Gasteiger partial charge in [0, 0.05) is 31.2 Å². The molecule has 1 amide bonds. The van der Waals surface area contributed by atoms with E-state index in [0.29, 0.717) is 12.4 Å². The Morgan fingerprint density at radius 1 is 1.10 bits per heavy atom. The molecule has 0 atom stereocenters. The van der Waals surface area contributed by atoms with Crippen LogP contribution in [-0.2, 0) is 18.4 Å². The lowest BCUT2D eigenvalue weighted by Gasteiger charge is -2.08. The van der Waals surface area contributed by atoms with Crippen molar-refractivity contribution in [3.63, 3.8) is 0 Å². The smallest absolute Gasteiger partial charge is 0.258 e. The highest BCUT2D eigenvalue weighted by atomic mass is 16.5. The summed E-state index contributed by atoms with van der Waals surface area (Å²) < 4.78 is 9.15. The Balaban J connectivity index is 1.36. The number of ether oxygens (including phenoxy) is 1. The molecule has 0 radical (unpaired) electrons. The lowest BCUT2D eigenvalue weighted by Crippen LogP contribution is -2.28. The van der Waals surface area contributed by atoms with E-state index in [9.17, 15) is 4.79 Å². The summed E-state index contributed by atoms with van der Waals surface area (Å²) in [5, 5.41) is 12.5. The number of nitrogens with zero attached hydrogens (tertiary/aromatic N) is 6. The number of nitrogens with one attached hydrogen (secondary N) is 1. The quantitative estimate of drug-likeness (QED) is 0.515. The van der Waals surface area contributed by atoms with Crippen molar-refractivity contribution in [3.8, 4) is 11.7 Å². The highest BCUT2D eigenvalue weighted by Gasteiger charge is 2.15. The Morgan fingerprint density at radius 3 is 2.58 bits per heavy atom. The molecule has 160 valence electrons. The van der Waals surface area contributed by atoms with Crippen molar-refractivity contribution in [2.75, 3.05) is 6.61 Å². The maximum absolute atomic E-state index is 12.3. The molecule has 9 heteroatoms. The fourth-order valence-electron chi connectivity index (χ4n) is 3.54. The normalized spacial score (nSPS) is 11.1. The molecule has 0 bridgehead atoms. The van der Waals surface area contributed by atoms with Crippen LogP contribution in [0.15, 0.2) is 30.5 Å². The third kappa shape index (κ3) is 4.25. The number of amides is 1. The van der Waals surface area contributed by atoms with E-state index in [1.807, 2.05) is 59.0 Å². The predicted octanol–water partition coefficient (Wildman–Crippen LogP) is 2.48. The first kappa shape index (κ1) is 20.5. The van der Waals surface area contributed by atoms with E-state index in [1.165, 1.54) is 0 Å². The molecule has 1 N–H and O–H groups in total. The van der Waals surface area contributed by atoms with Gasteiger partial charge in [-0.2, -0.15) is 5.10 Å². The number of carbonyl (C=O) groups is 1. The van der Waals surface area contributed by atoms with Crippen LogP contribution in [0.2, 0.25) is 0 Å². The molecule has 0 saturated heterocycles. The molecule has 9 nitrogen and oxygen atoms in total. The van der Waals surface area contributed by atoms with Crippen LogP contribution < -0.4 is 10.1 Å². The number of fused-ring (bicyclic) bond motifs is 1.